The number of hydrogen-bond acceptors (Lipinski definition) is 3. The first kappa shape index (κ1) is 14.2. The molecule has 0 spiro atoms. The van der Waals surface area contributed by atoms with E-state index in [9.17, 15) is 9.18 Å². The van der Waals surface area contributed by atoms with Crippen molar-refractivity contribution in [3.05, 3.63) is 41.5 Å². The molecule has 1 N–H and O–H groups in total. The van der Waals surface area contributed by atoms with Crippen LogP contribution >= 0.6 is 0 Å². The SMILES string of the molecule is COCCn1cc(-c2cc(C)c(C(=O)O)c(F)c2)cn1. The average molecular weight is 278 g/mol. The van der Waals surface area contributed by atoms with Crippen LogP contribution in [0.15, 0.2) is 24.5 Å². The van der Waals surface area contributed by atoms with Gasteiger partial charge < -0.3 is 9.84 Å². The van der Waals surface area contributed by atoms with Gasteiger partial charge in [0, 0.05) is 18.9 Å². The fourth-order valence-corrected chi connectivity index (χ4v) is 2.00. The number of ether oxygens (including phenoxy) is 1. The Morgan fingerprint density at radius 1 is 1.45 bits per heavy atom. The first-order chi connectivity index (χ1) is 9.52. The molecule has 0 atom stereocenters. The van der Waals surface area contributed by atoms with Gasteiger partial charge in [-0.25, -0.2) is 9.18 Å². The number of hydrogen-bond donors (Lipinski definition) is 1. The molecule has 0 fully saturated rings. The zero-order chi connectivity index (χ0) is 14.7. The minimum Gasteiger partial charge on any atom is -0.478 e. The average Bonchev–Trinajstić information content (AvgIpc) is 2.83. The third-order valence-electron chi connectivity index (χ3n) is 2.99. The van der Waals surface area contributed by atoms with Crippen molar-refractivity contribution in [2.45, 2.75) is 13.5 Å². The van der Waals surface area contributed by atoms with Crippen molar-refractivity contribution >= 4 is 5.97 Å². The van der Waals surface area contributed by atoms with E-state index < -0.39 is 11.8 Å². The molecule has 5 nitrogen and oxygen atoms in total. The fourth-order valence-electron chi connectivity index (χ4n) is 2.00. The fraction of sp³-hybridized carbons (Fsp3) is 0.286. The molecule has 20 heavy (non-hydrogen) atoms. The lowest BCUT2D eigenvalue weighted by molar-refractivity contribution is 0.0691. The molecule has 0 aliphatic heterocycles. The highest BCUT2D eigenvalue weighted by Gasteiger charge is 2.15. The minimum atomic E-state index is -1.26. The smallest absolute Gasteiger partial charge is 0.338 e. The molecule has 0 saturated carbocycles. The van der Waals surface area contributed by atoms with Crippen molar-refractivity contribution in [1.29, 1.82) is 0 Å². The molecule has 0 amide bonds. The lowest BCUT2D eigenvalue weighted by Gasteiger charge is -2.05. The monoisotopic (exact) mass is 278 g/mol. The predicted molar refractivity (Wildman–Crippen MR) is 71.2 cm³/mol. The van der Waals surface area contributed by atoms with Gasteiger partial charge in [-0.05, 0) is 24.1 Å². The number of aromatic carboxylic acids is 1. The summed E-state index contributed by atoms with van der Waals surface area (Å²) >= 11 is 0. The van der Waals surface area contributed by atoms with Gasteiger partial charge in [0.05, 0.1) is 24.9 Å². The van der Waals surface area contributed by atoms with Crippen LogP contribution in [0.25, 0.3) is 11.1 Å². The summed E-state index contributed by atoms with van der Waals surface area (Å²) in [5.41, 5.74) is 1.44. The van der Waals surface area contributed by atoms with E-state index in [1.165, 1.54) is 6.07 Å². The van der Waals surface area contributed by atoms with Crippen LogP contribution in [0.2, 0.25) is 0 Å². The second-order valence-electron chi connectivity index (χ2n) is 4.44. The molecule has 1 aromatic carbocycles. The molecule has 2 rings (SSSR count). The number of methoxy groups -OCH3 is 1. The van der Waals surface area contributed by atoms with Gasteiger partial charge in [-0.1, -0.05) is 6.07 Å². The third kappa shape index (κ3) is 2.85. The summed E-state index contributed by atoms with van der Waals surface area (Å²) in [5.74, 6) is -2.00. The van der Waals surface area contributed by atoms with Gasteiger partial charge in [0.1, 0.15) is 5.82 Å². The molecule has 0 aliphatic rings. The van der Waals surface area contributed by atoms with Gasteiger partial charge in [-0.15, -0.1) is 0 Å². The normalized spacial score (nSPS) is 10.8. The lowest BCUT2D eigenvalue weighted by Crippen LogP contribution is -2.04. The van der Waals surface area contributed by atoms with Crippen LogP contribution in [-0.2, 0) is 11.3 Å². The van der Waals surface area contributed by atoms with Crippen molar-refractivity contribution < 1.29 is 19.0 Å². The number of rotatable bonds is 5. The van der Waals surface area contributed by atoms with E-state index in [-0.39, 0.29) is 5.56 Å². The van der Waals surface area contributed by atoms with Crippen LogP contribution in [0.5, 0.6) is 0 Å². The third-order valence-corrected chi connectivity index (χ3v) is 2.99. The molecule has 0 saturated heterocycles. The molecule has 1 aromatic heterocycles. The van der Waals surface area contributed by atoms with Crippen LogP contribution in [0.4, 0.5) is 4.39 Å². The molecule has 0 bridgehead atoms. The maximum Gasteiger partial charge on any atom is 0.338 e. The molecule has 106 valence electrons. The molecule has 1 heterocycles. The van der Waals surface area contributed by atoms with Crippen molar-refractivity contribution in [3.63, 3.8) is 0 Å². The van der Waals surface area contributed by atoms with Crippen molar-refractivity contribution in [2.75, 3.05) is 13.7 Å². The maximum atomic E-state index is 13.8. The van der Waals surface area contributed by atoms with Gasteiger partial charge in [0.15, 0.2) is 0 Å². The van der Waals surface area contributed by atoms with Crippen LogP contribution in [0.1, 0.15) is 15.9 Å². The van der Waals surface area contributed by atoms with Crippen LogP contribution in [0, 0.1) is 12.7 Å². The zero-order valence-corrected chi connectivity index (χ0v) is 11.3. The second-order valence-corrected chi connectivity index (χ2v) is 4.44. The summed E-state index contributed by atoms with van der Waals surface area (Å²) in [6.07, 6.45) is 3.39. The Hall–Kier alpha value is -2.21. The quantitative estimate of drug-likeness (QED) is 0.911. The minimum absolute atomic E-state index is 0.291. The maximum absolute atomic E-state index is 13.8. The topological polar surface area (TPSA) is 64.3 Å². The van der Waals surface area contributed by atoms with Crippen LogP contribution in [0.3, 0.4) is 0 Å². The number of carboxylic acid groups (broad SMARTS) is 1. The summed E-state index contributed by atoms with van der Waals surface area (Å²) in [6.45, 7) is 2.71. The number of nitrogens with zero attached hydrogens (tertiary/aromatic N) is 2. The molecule has 0 radical (unpaired) electrons. The lowest BCUT2D eigenvalue weighted by atomic mass is 10.0. The van der Waals surface area contributed by atoms with E-state index in [0.29, 0.717) is 24.3 Å². The standard InChI is InChI=1S/C14H15FN2O3/c1-9-5-10(6-12(15)13(9)14(18)19)11-7-16-17(8-11)3-4-20-2/h5-8H,3-4H2,1-2H3,(H,18,19). The predicted octanol–water partition coefficient (Wildman–Crippen LogP) is 2.34. The summed E-state index contributed by atoms with van der Waals surface area (Å²) < 4.78 is 20.5. The van der Waals surface area contributed by atoms with E-state index >= 15 is 0 Å². The molecular weight excluding hydrogens is 263 g/mol. The van der Waals surface area contributed by atoms with E-state index in [1.807, 2.05) is 0 Å². The van der Waals surface area contributed by atoms with E-state index in [0.717, 1.165) is 5.56 Å². The highest BCUT2D eigenvalue weighted by molar-refractivity contribution is 5.90. The van der Waals surface area contributed by atoms with E-state index in [4.69, 9.17) is 9.84 Å². The number of carbonyl (C=O) groups is 1. The van der Waals surface area contributed by atoms with Crippen molar-refractivity contribution in [2.24, 2.45) is 0 Å². The number of halogens is 1. The highest BCUT2D eigenvalue weighted by Crippen LogP contribution is 2.24. The number of benzene rings is 1. The van der Waals surface area contributed by atoms with Crippen LogP contribution < -0.4 is 0 Å². The van der Waals surface area contributed by atoms with E-state index in [2.05, 4.69) is 5.10 Å². The van der Waals surface area contributed by atoms with Gasteiger partial charge in [-0.2, -0.15) is 5.10 Å². The Bertz CT molecular complexity index is 614. The summed E-state index contributed by atoms with van der Waals surface area (Å²) in [7, 11) is 1.60. The Morgan fingerprint density at radius 3 is 2.80 bits per heavy atom. The molecule has 2 aromatic rings. The molecule has 6 heteroatoms. The van der Waals surface area contributed by atoms with Crippen molar-refractivity contribution in [3.8, 4) is 11.1 Å². The second kappa shape index (κ2) is 5.83. The zero-order valence-electron chi connectivity index (χ0n) is 11.3. The molecule has 0 unspecified atom stereocenters. The van der Waals surface area contributed by atoms with E-state index in [1.54, 1.807) is 37.2 Å². The van der Waals surface area contributed by atoms with Crippen molar-refractivity contribution in [1.82, 2.24) is 9.78 Å². The Kier molecular flexibility index (Phi) is 4.14. The van der Waals surface area contributed by atoms with Gasteiger partial charge >= 0.3 is 5.97 Å². The van der Waals surface area contributed by atoms with Gasteiger partial charge in [0.2, 0.25) is 0 Å². The summed E-state index contributed by atoms with van der Waals surface area (Å²) in [4.78, 5) is 10.9. The number of aromatic nitrogens is 2. The number of carboxylic acids is 1. The number of aryl methyl sites for hydroxylation is 1. The Balaban J connectivity index is 2.34. The molecule has 0 aliphatic carbocycles. The summed E-state index contributed by atoms with van der Waals surface area (Å²) in [5, 5.41) is 13.1. The Morgan fingerprint density at radius 2 is 2.20 bits per heavy atom. The highest BCUT2D eigenvalue weighted by atomic mass is 19.1. The first-order valence-electron chi connectivity index (χ1n) is 6.08. The van der Waals surface area contributed by atoms with Gasteiger partial charge in [-0.3, -0.25) is 4.68 Å². The largest absolute Gasteiger partial charge is 0.478 e. The molecular formula is C14H15FN2O3. The van der Waals surface area contributed by atoms with Crippen LogP contribution in [-0.4, -0.2) is 34.6 Å². The van der Waals surface area contributed by atoms with Gasteiger partial charge in [0.25, 0.3) is 0 Å². The summed E-state index contributed by atoms with van der Waals surface area (Å²) in [6, 6.07) is 2.86. The Labute approximate surface area is 115 Å². The first-order valence-corrected chi connectivity index (χ1v) is 6.08.